The molecule has 0 aliphatic carbocycles. The van der Waals surface area contributed by atoms with Gasteiger partial charge in [-0.25, -0.2) is 21.8 Å². The highest BCUT2D eigenvalue weighted by Gasteiger charge is 2.16. The summed E-state index contributed by atoms with van der Waals surface area (Å²) < 4.78 is 47.1. The molecule has 0 unspecified atom stereocenters. The fourth-order valence-electron chi connectivity index (χ4n) is 3.77. The number of amides is 1. The van der Waals surface area contributed by atoms with Crippen LogP contribution in [0.1, 0.15) is 21.5 Å². The molecule has 0 fully saturated rings. The molecule has 0 atom stereocenters. The van der Waals surface area contributed by atoms with E-state index in [0.29, 0.717) is 10.7 Å². The van der Waals surface area contributed by atoms with Gasteiger partial charge in [-0.1, -0.05) is 11.8 Å². The number of benzene rings is 2. The Balaban J connectivity index is 1.50. The van der Waals surface area contributed by atoms with Crippen molar-refractivity contribution in [1.29, 1.82) is 0 Å². The fraction of sp³-hybridized carbons (Fsp3) is 0.160. The number of pyridine rings is 1. The monoisotopic (exact) mass is 588 g/mol. The van der Waals surface area contributed by atoms with E-state index in [0.717, 1.165) is 42.7 Å². The van der Waals surface area contributed by atoms with Crippen molar-refractivity contribution in [2.45, 2.75) is 23.6 Å². The average Bonchev–Trinajstić information content (AvgIpc) is 3.30. The summed E-state index contributed by atoms with van der Waals surface area (Å²) in [6.45, 7) is 4.00. The first-order chi connectivity index (χ1) is 18.0. The Morgan fingerprint density at radius 2 is 1.66 bits per heavy atom. The molecule has 1 N–H and O–H groups in total. The van der Waals surface area contributed by atoms with E-state index in [4.69, 9.17) is 0 Å². The molecule has 4 rings (SSSR count). The SMILES string of the molecule is Cc1cc(Sc2ccc(N(CS(C)(=O)=O)[SH](=O)=O)cc2)cc(C)c1-c1csc(NC(=O)c2ccncc2)n1. The molecule has 13 heteroatoms. The maximum absolute atomic E-state index is 12.4. The maximum Gasteiger partial charge on any atom is 0.257 e. The third-order valence-corrected chi connectivity index (χ3v) is 8.78. The molecule has 1 amide bonds. The maximum atomic E-state index is 12.4. The molecule has 0 aliphatic heterocycles. The second-order valence-electron chi connectivity index (χ2n) is 8.45. The average molecular weight is 589 g/mol. The minimum atomic E-state index is -3.52. The van der Waals surface area contributed by atoms with Gasteiger partial charge in [0.1, 0.15) is 5.88 Å². The first-order valence-electron chi connectivity index (χ1n) is 11.2. The Bertz CT molecular complexity index is 1620. The van der Waals surface area contributed by atoms with Gasteiger partial charge in [0.15, 0.2) is 15.0 Å². The number of thiazole rings is 1. The van der Waals surface area contributed by atoms with Crippen molar-refractivity contribution in [2.75, 3.05) is 21.8 Å². The van der Waals surface area contributed by atoms with Crippen LogP contribution in [0.2, 0.25) is 0 Å². The van der Waals surface area contributed by atoms with Crippen LogP contribution >= 0.6 is 23.1 Å². The molecule has 0 spiro atoms. The largest absolute Gasteiger partial charge is 0.298 e. The smallest absolute Gasteiger partial charge is 0.257 e. The summed E-state index contributed by atoms with van der Waals surface area (Å²) >= 11 is 2.86. The van der Waals surface area contributed by atoms with Crippen LogP contribution in [-0.2, 0) is 20.7 Å². The quantitative estimate of drug-likeness (QED) is 0.273. The third-order valence-electron chi connectivity index (χ3n) is 5.35. The molecule has 2 aromatic heterocycles. The minimum absolute atomic E-state index is 0.249. The normalized spacial score (nSPS) is 11.5. The molecule has 4 aromatic rings. The molecule has 9 nitrogen and oxygen atoms in total. The molecule has 0 saturated heterocycles. The summed E-state index contributed by atoms with van der Waals surface area (Å²) in [7, 11) is -6.62. The van der Waals surface area contributed by atoms with E-state index in [9.17, 15) is 21.6 Å². The second kappa shape index (κ2) is 11.6. The molecule has 0 bridgehead atoms. The molecule has 0 aliphatic rings. The van der Waals surface area contributed by atoms with Gasteiger partial charge in [-0.05, 0) is 73.5 Å². The number of nitrogens with one attached hydrogen (secondary N) is 1. The number of anilines is 2. The van der Waals surface area contributed by atoms with Crippen molar-refractivity contribution >= 4 is 60.6 Å². The third kappa shape index (κ3) is 6.98. The van der Waals surface area contributed by atoms with E-state index in [-0.39, 0.29) is 11.6 Å². The predicted molar refractivity (Wildman–Crippen MR) is 152 cm³/mol. The number of sulfone groups is 1. The highest BCUT2D eigenvalue weighted by atomic mass is 32.2. The lowest BCUT2D eigenvalue weighted by molar-refractivity contribution is 0.102. The van der Waals surface area contributed by atoms with Crippen LogP contribution in [0.15, 0.2) is 76.1 Å². The van der Waals surface area contributed by atoms with Crippen molar-refractivity contribution in [3.05, 3.63) is 83.0 Å². The highest BCUT2D eigenvalue weighted by molar-refractivity contribution is 7.99. The van der Waals surface area contributed by atoms with Crippen molar-refractivity contribution in [2.24, 2.45) is 0 Å². The molecular formula is C25H24N4O5S4. The van der Waals surface area contributed by atoms with Crippen LogP contribution in [0, 0.1) is 13.8 Å². The number of aryl methyl sites for hydroxylation is 2. The Labute approximate surface area is 231 Å². The number of carbonyl (C=O) groups excluding carboxylic acids is 1. The molecule has 0 radical (unpaired) electrons. The Kier molecular flexibility index (Phi) is 8.51. The summed E-state index contributed by atoms with van der Waals surface area (Å²) in [6, 6.07) is 14.0. The van der Waals surface area contributed by atoms with Crippen LogP contribution in [0.3, 0.4) is 0 Å². The molecular weight excluding hydrogens is 565 g/mol. The van der Waals surface area contributed by atoms with Gasteiger partial charge in [0, 0.05) is 44.9 Å². The summed E-state index contributed by atoms with van der Waals surface area (Å²) in [5.41, 5.74) is 4.58. The first-order valence-corrected chi connectivity index (χ1v) is 16.0. The lowest BCUT2D eigenvalue weighted by Crippen LogP contribution is -2.27. The minimum Gasteiger partial charge on any atom is -0.298 e. The number of nitrogens with zero attached hydrogens (tertiary/aromatic N) is 3. The van der Waals surface area contributed by atoms with Crippen molar-refractivity contribution in [3.63, 3.8) is 0 Å². The van der Waals surface area contributed by atoms with Crippen LogP contribution in [0.5, 0.6) is 0 Å². The van der Waals surface area contributed by atoms with Crippen molar-refractivity contribution in [3.8, 4) is 11.3 Å². The lowest BCUT2D eigenvalue weighted by atomic mass is 10.0. The van der Waals surface area contributed by atoms with Gasteiger partial charge < -0.3 is 0 Å². The van der Waals surface area contributed by atoms with E-state index >= 15 is 0 Å². The zero-order valence-corrected chi connectivity index (χ0v) is 24.0. The van der Waals surface area contributed by atoms with E-state index in [1.807, 2.05) is 31.4 Å². The number of rotatable bonds is 9. The Morgan fingerprint density at radius 1 is 1.03 bits per heavy atom. The van der Waals surface area contributed by atoms with Crippen molar-refractivity contribution < 1.29 is 21.6 Å². The van der Waals surface area contributed by atoms with Gasteiger partial charge in [-0.3, -0.25) is 19.4 Å². The standard InChI is InChI=1S/C25H24N4O5S4/c1-16-12-21(36-20-6-4-19(5-7-20)29(37(31)32)15-38(3,33)34)13-17(2)23(16)22-14-35-25(27-22)28-24(30)18-8-10-26-11-9-18/h4-14,37H,15H2,1-3H3,(H,27,28,30). The molecule has 2 heterocycles. The van der Waals surface area contributed by atoms with Gasteiger partial charge in [0.05, 0.1) is 11.4 Å². The Morgan fingerprint density at radius 3 is 2.24 bits per heavy atom. The fourth-order valence-corrected chi connectivity index (χ4v) is 7.40. The van der Waals surface area contributed by atoms with Crippen molar-refractivity contribution in [1.82, 2.24) is 9.97 Å². The molecule has 198 valence electrons. The number of hydrogen-bond donors (Lipinski definition) is 2. The van der Waals surface area contributed by atoms with Gasteiger partial charge in [0.25, 0.3) is 5.91 Å². The molecule has 38 heavy (non-hydrogen) atoms. The van der Waals surface area contributed by atoms with Crippen LogP contribution in [0.25, 0.3) is 11.3 Å². The molecule has 2 aromatic carbocycles. The van der Waals surface area contributed by atoms with Gasteiger partial charge >= 0.3 is 0 Å². The zero-order valence-electron chi connectivity index (χ0n) is 20.6. The summed E-state index contributed by atoms with van der Waals surface area (Å²) in [5.74, 6) is -0.856. The number of hydrogen-bond acceptors (Lipinski definition) is 9. The van der Waals surface area contributed by atoms with Gasteiger partial charge in [-0.15, -0.1) is 11.3 Å². The van der Waals surface area contributed by atoms with Crippen LogP contribution < -0.4 is 9.62 Å². The molecule has 0 saturated carbocycles. The van der Waals surface area contributed by atoms with E-state index < -0.39 is 26.6 Å². The second-order valence-corrected chi connectivity index (χ2v) is 13.5. The predicted octanol–water partition coefficient (Wildman–Crippen LogP) is 4.56. The van der Waals surface area contributed by atoms with Crippen LogP contribution in [-0.4, -0.2) is 44.8 Å². The zero-order chi connectivity index (χ0) is 27.4. The summed E-state index contributed by atoms with van der Waals surface area (Å²) in [4.78, 5) is 22.8. The summed E-state index contributed by atoms with van der Waals surface area (Å²) in [5, 5.41) is 5.24. The topological polar surface area (TPSA) is 126 Å². The van der Waals surface area contributed by atoms with E-state index in [2.05, 4.69) is 15.3 Å². The number of thiol groups is 1. The van der Waals surface area contributed by atoms with E-state index in [1.165, 1.54) is 23.1 Å². The van der Waals surface area contributed by atoms with E-state index in [1.54, 1.807) is 48.8 Å². The number of aromatic nitrogens is 2. The van der Waals surface area contributed by atoms with Gasteiger partial charge in [0.2, 0.25) is 10.9 Å². The Hall–Kier alpha value is -3.26. The van der Waals surface area contributed by atoms with Gasteiger partial charge in [-0.2, -0.15) is 0 Å². The first kappa shape index (κ1) is 27.8. The lowest BCUT2D eigenvalue weighted by Gasteiger charge is -2.17. The highest BCUT2D eigenvalue weighted by Crippen LogP contribution is 2.36. The van der Waals surface area contributed by atoms with Crippen LogP contribution in [0.4, 0.5) is 10.8 Å². The number of carbonyl (C=O) groups is 1. The summed E-state index contributed by atoms with van der Waals surface area (Å²) in [6.07, 6.45) is 4.11.